The Kier molecular flexibility index (Phi) is 5.18. The molecule has 1 N–H and O–H groups in total. The van der Waals surface area contributed by atoms with Gasteiger partial charge in [0.2, 0.25) is 0 Å². The van der Waals surface area contributed by atoms with Gasteiger partial charge in [0.15, 0.2) is 5.41 Å². The molecule has 0 rings (SSSR count). The normalized spacial score (nSPS) is 15.6. The van der Waals surface area contributed by atoms with Crippen molar-refractivity contribution in [1.29, 1.82) is 0 Å². The third-order valence-corrected chi connectivity index (χ3v) is 2.22. The zero-order chi connectivity index (χ0) is 13.7. The first kappa shape index (κ1) is 15.5. The van der Waals surface area contributed by atoms with Gasteiger partial charge in [-0.2, -0.15) is 13.2 Å². The van der Waals surface area contributed by atoms with Crippen LogP contribution in [0.1, 0.15) is 20.3 Å². The fourth-order valence-corrected chi connectivity index (χ4v) is 1.19. The molecule has 0 aliphatic carbocycles. The van der Waals surface area contributed by atoms with Gasteiger partial charge in [-0.05, 0) is 19.4 Å². The van der Waals surface area contributed by atoms with E-state index in [9.17, 15) is 22.8 Å². The molecule has 0 aliphatic rings. The van der Waals surface area contributed by atoms with Gasteiger partial charge < -0.3 is 9.84 Å². The predicted octanol–water partition coefficient (Wildman–Crippen LogP) is 2.15. The molecule has 1 unspecified atom stereocenters. The summed E-state index contributed by atoms with van der Waals surface area (Å²) in [4.78, 5) is 22.0. The van der Waals surface area contributed by atoms with Crippen molar-refractivity contribution in [2.24, 2.45) is 5.41 Å². The van der Waals surface area contributed by atoms with Crippen LogP contribution in [0.5, 0.6) is 0 Å². The number of carbonyl (C=O) groups is 2. The number of rotatable bonds is 6. The number of aliphatic carboxylic acids is 1. The molecule has 0 amide bonds. The molecule has 7 heteroatoms. The maximum absolute atomic E-state index is 12.3. The summed E-state index contributed by atoms with van der Waals surface area (Å²) in [5, 5.41) is 8.83. The first-order valence-corrected chi connectivity index (χ1v) is 4.86. The van der Waals surface area contributed by atoms with E-state index in [-0.39, 0.29) is 6.61 Å². The molecule has 0 radical (unpaired) electrons. The summed E-state index contributed by atoms with van der Waals surface area (Å²) in [5.41, 5.74) is -2.62. The van der Waals surface area contributed by atoms with Gasteiger partial charge >= 0.3 is 12.1 Å². The molecule has 4 nitrogen and oxygen atoms in total. The van der Waals surface area contributed by atoms with Crippen molar-refractivity contribution in [3.8, 4) is 0 Å². The molecular formula is C10H13F3O4. The van der Waals surface area contributed by atoms with Crippen molar-refractivity contribution in [2.75, 3.05) is 6.61 Å². The lowest BCUT2D eigenvalue weighted by molar-refractivity contribution is -0.185. The van der Waals surface area contributed by atoms with Gasteiger partial charge in [0.1, 0.15) is 0 Å². The van der Waals surface area contributed by atoms with Gasteiger partial charge in [0.25, 0.3) is 5.78 Å². The summed E-state index contributed by atoms with van der Waals surface area (Å²) >= 11 is 0. The van der Waals surface area contributed by atoms with Gasteiger partial charge in [-0.3, -0.25) is 9.59 Å². The minimum atomic E-state index is -5.20. The van der Waals surface area contributed by atoms with Gasteiger partial charge in [-0.15, -0.1) is 0 Å². The van der Waals surface area contributed by atoms with Crippen LogP contribution in [0.2, 0.25) is 0 Å². The molecule has 0 aromatic carbocycles. The molecule has 0 heterocycles. The number of ether oxygens (including phenoxy) is 1. The summed E-state index contributed by atoms with van der Waals surface area (Å²) < 4.78 is 41.6. The number of carbonyl (C=O) groups excluding carboxylic acids is 1. The van der Waals surface area contributed by atoms with Crippen LogP contribution >= 0.6 is 0 Å². The summed E-state index contributed by atoms with van der Waals surface area (Å²) in [6.45, 7) is 2.93. The predicted molar refractivity (Wildman–Crippen MR) is 52.2 cm³/mol. The number of Topliss-reactive ketones (excluding diaryl/α,β-unsaturated/α-hetero) is 1. The van der Waals surface area contributed by atoms with Crippen LogP contribution in [0, 0.1) is 5.41 Å². The molecule has 0 aromatic rings. The molecular weight excluding hydrogens is 241 g/mol. The number of ketones is 1. The van der Waals surface area contributed by atoms with Crippen LogP contribution in [0.15, 0.2) is 12.3 Å². The molecule has 0 fully saturated rings. The maximum Gasteiger partial charge on any atom is 0.451 e. The van der Waals surface area contributed by atoms with E-state index in [0.717, 1.165) is 6.26 Å². The number of carboxylic acids is 1. The third-order valence-electron chi connectivity index (χ3n) is 2.22. The number of carboxylic acid groups (broad SMARTS) is 1. The second kappa shape index (κ2) is 5.70. The Balaban J connectivity index is 5.38. The third kappa shape index (κ3) is 3.47. The highest BCUT2D eigenvalue weighted by Crippen LogP contribution is 2.34. The van der Waals surface area contributed by atoms with Crippen LogP contribution in [0.25, 0.3) is 0 Å². The number of halogens is 3. The van der Waals surface area contributed by atoms with Crippen molar-refractivity contribution in [2.45, 2.75) is 26.4 Å². The highest BCUT2D eigenvalue weighted by molar-refractivity contribution is 6.07. The first-order valence-electron chi connectivity index (χ1n) is 4.86. The highest BCUT2D eigenvalue weighted by atomic mass is 19.4. The lowest BCUT2D eigenvalue weighted by Gasteiger charge is -2.23. The number of hydrogen-bond acceptors (Lipinski definition) is 3. The average Bonchev–Trinajstić information content (AvgIpc) is 2.22. The van der Waals surface area contributed by atoms with E-state index in [4.69, 9.17) is 5.11 Å². The van der Waals surface area contributed by atoms with Crippen LogP contribution in [0.3, 0.4) is 0 Å². The zero-order valence-corrected chi connectivity index (χ0v) is 9.37. The first-order chi connectivity index (χ1) is 7.72. The summed E-state index contributed by atoms with van der Waals surface area (Å²) in [6.07, 6.45) is -4.27. The molecule has 98 valence electrons. The lowest BCUT2D eigenvalue weighted by Crippen LogP contribution is -2.45. The summed E-state index contributed by atoms with van der Waals surface area (Å²) in [6, 6.07) is 0. The van der Waals surface area contributed by atoms with Gasteiger partial charge in [-0.25, -0.2) is 0 Å². The minimum absolute atomic E-state index is 0.163. The average molecular weight is 254 g/mol. The Morgan fingerprint density at radius 2 is 1.82 bits per heavy atom. The van der Waals surface area contributed by atoms with Crippen LogP contribution in [0.4, 0.5) is 13.2 Å². The van der Waals surface area contributed by atoms with Gasteiger partial charge in [0, 0.05) is 0 Å². The van der Waals surface area contributed by atoms with Crippen molar-refractivity contribution < 1.29 is 32.6 Å². The Morgan fingerprint density at radius 3 is 2.12 bits per heavy atom. The van der Waals surface area contributed by atoms with E-state index >= 15 is 0 Å². The molecule has 0 saturated heterocycles. The van der Waals surface area contributed by atoms with Gasteiger partial charge in [-0.1, -0.05) is 6.92 Å². The molecule has 0 spiro atoms. The molecule has 0 aromatic heterocycles. The van der Waals surface area contributed by atoms with Crippen LogP contribution in [-0.4, -0.2) is 29.6 Å². The molecule has 0 bridgehead atoms. The Morgan fingerprint density at radius 1 is 1.29 bits per heavy atom. The van der Waals surface area contributed by atoms with Crippen LogP contribution < -0.4 is 0 Å². The molecule has 0 aliphatic heterocycles. The van der Waals surface area contributed by atoms with E-state index in [1.165, 1.54) is 6.92 Å². The topological polar surface area (TPSA) is 63.6 Å². The molecule has 17 heavy (non-hydrogen) atoms. The summed E-state index contributed by atoms with van der Waals surface area (Å²) in [5.74, 6) is -4.16. The van der Waals surface area contributed by atoms with Crippen molar-refractivity contribution >= 4 is 11.8 Å². The monoisotopic (exact) mass is 254 g/mol. The van der Waals surface area contributed by atoms with E-state index in [0.29, 0.717) is 6.08 Å². The second-order valence-electron chi connectivity index (χ2n) is 3.22. The molecule has 0 saturated carbocycles. The minimum Gasteiger partial charge on any atom is -0.502 e. The number of hydrogen-bond donors (Lipinski definition) is 1. The summed E-state index contributed by atoms with van der Waals surface area (Å²) in [7, 11) is 0. The molecule has 1 atom stereocenters. The quantitative estimate of drug-likeness (QED) is 0.582. The SMILES string of the molecule is CCOC=CC(CC)(C(=O)O)C(=O)C(F)(F)F. The lowest BCUT2D eigenvalue weighted by atomic mass is 9.80. The standard InChI is InChI=1S/C10H13F3O4/c1-3-9(8(15)16,5-6-17-4-2)7(14)10(11,12)13/h5-6H,3-4H2,1-2H3,(H,15,16). The largest absolute Gasteiger partial charge is 0.502 e. The van der Waals surface area contributed by atoms with E-state index < -0.39 is 29.8 Å². The highest BCUT2D eigenvalue weighted by Gasteiger charge is 2.55. The number of alkyl halides is 3. The van der Waals surface area contributed by atoms with Crippen LogP contribution in [-0.2, 0) is 14.3 Å². The van der Waals surface area contributed by atoms with E-state index in [1.807, 2.05) is 0 Å². The van der Waals surface area contributed by atoms with E-state index in [2.05, 4.69) is 4.74 Å². The maximum atomic E-state index is 12.3. The smallest absolute Gasteiger partial charge is 0.451 e. The van der Waals surface area contributed by atoms with Crippen molar-refractivity contribution in [3.63, 3.8) is 0 Å². The van der Waals surface area contributed by atoms with E-state index in [1.54, 1.807) is 6.92 Å². The second-order valence-corrected chi connectivity index (χ2v) is 3.22. The zero-order valence-electron chi connectivity index (χ0n) is 9.37. The van der Waals surface area contributed by atoms with Crippen molar-refractivity contribution in [3.05, 3.63) is 12.3 Å². The Hall–Kier alpha value is -1.53. The van der Waals surface area contributed by atoms with Crippen molar-refractivity contribution in [1.82, 2.24) is 0 Å². The fourth-order valence-electron chi connectivity index (χ4n) is 1.19. The fraction of sp³-hybridized carbons (Fsp3) is 0.600. The van der Waals surface area contributed by atoms with Gasteiger partial charge in [0.05, 0.1) is 12.9 Å². The Labute approximate surface area is 96.1 Å². The Bertz CT molecular complexity index is 322.